The number of hydrogen-bond acceptors (Lipinski definition) is 5. The predicted molar refractivity (Wildman–Crippen MR) is 113 cm³/mol. The van der Waals surface area contributed by atoms with Crippen LogP contribution in [0.3, 0.4) is 0 Å². The highest BCUT2D eigenvalue weighted by Gasteiger charge is 2.25. The number of aliphatic imine (C=N–C) groups is 1. The van der Waals surface area contributed by atoms with Crippen LogP contribution in [-0.4, -0.2) is 59.6 Å². The Bertz CT molecular complexity index is 824. The van der Waals surface area contributed by atoms with E-state index >= 15 is 0 Å². The van der Waals surface area contributed by atoms with E-state index in [1.54, 1.807) is 12.1 Å². The number of hydrogen-bond donors (Lipinski definition) is 2. The summed E-state index contributed by atoms with van der Waals surface area (Å²) in [6.45, 7) is 5.32. The number of aromatic nitrogens is 2. The Balaban J connectivity index is 1.69. The number of rotatable bonds is 7. The first kappa shape index (κ1) is 20.8. The summed E-state index contributed by atoms with van der Waals surface area (Å²) < 4.78 is 12.3. The van der Waals surface area contributed by atoms with Gasteiger partial charge in [0.05, 0.1) is 27.0 Å². The van der Waals surface area contributed by atoms with Gasteiger partial charge in [-0.05, 0) is 48.9 Å². The number of nitrogens with one attached hydrogen (secondary N) is 1. The van der Waals surface area contributed by atoms with Crippen LogP contribution in [0.4, 0.5) is 0 Å². The van der Waals surface area contributed by atoms with E-state index in [1.165, 1.54) is 19.8 Å². The Kier molecular flexibility index (Phi) is 6.85. The molecule has 8 heteroatoms. The van der Waals surface area contributed by atoms with Crippen molar-refractivity contribution >= 4 is 5.96 Å². The number of likely N-dealkylation sites (tertiary alicyclic amines) is 1. The van der Waals surface area contributed by atoms with Crippen LogP contribution in [-0.2, 0) is 20.0 Å². The van der Waals surface area contributed by atoms with Crippen molar-refractivity contribution in [2.45, 2.75) is 26.3 Å². The van der Waals surface area contributed by atoms with Crippen molar-refractivity contribution in [3.8, 4) is 17.2 Å². The Morgan fingerprint density at radius 2 is 2.00 bits per heavy atom. The molecular formula is C21H31N5O3. The van der Waals surface area contributed by atoms with Gasteiger partial charge >= 0.3 is 0 Å². The summed E-state index contributed by atoms with van der Waals surface area (Å²) in [5.41, 5.74) is 2.20. The van der Waals surface area contributed by atoms with Crippen LogP contribution < -0.4 is 14.8 Å². The fraction of sp³-hybridized carbons (Fsp3) is 0.524. The molecule has 0 spiro atoms. The van der Waals surface area contributed by atoms with Gasteiger partial charge in [-0.1, -0.05) is 0 Å². The molecule has 158 valence electrons. The predicted octanol–water partition coefficient (Wildman–Crippen LogP) is 2.17. The van der Waals surface area contributed by atoms with Crippen LogP contribution in [0.15, 0.2) is 29.5 Å². The number of methoxy groups -OCH3 is 2. The number of nitrogens with zero attached hydrogens (tertiary/aromatic N) is 4. The molecule has 1 aromatic carbocycles. The Hall–Kier alpha value is -2.90. The fourth-order valence-corrected chi connectivity index (χ4v) is 3.73. The summed E-state index contributed by atoms with van der Waals surface area (Å²) in [6, 6.07) is 3.58. The molecule has 0 saturated carbocycles. The second-order valence-electron chi connectivity index (χ2n) is 7.35. The summed E-state index contributed by atoms with van der Waals surface area (Å²) in [7, 11) is 5.00. The molecule has 2 N–H and O–H groups in total. The maximum Gasteiger partial charge on any atom is 0.200 e. The van der Waals surface area contributed by atoms with E-state index in [2.05, 4.69) is 28.4 Å². The van der Waals surface area contributed by atoms with E-state index in [0.717, 1.165) is 44.0 Å². The normalized spacial score (nSPS) is 16.9. The van der Waals surface area contributed by atoms with Gasteiger partial charge in [0.25, 0.3) is 0 Å². The van der Waals surface area contributed by atoms with Gasteiger partial charge in [-0.15, -0.1) is 0 Å². The molecule has 1 aliphatic rings. The van der Waals surface area contributed by atoms with E-state index in [0.29, 0.717) is 24.0 Å². The molecular weight excluding hydrogens is 370 g/mol. The van der Waals surface area contributed by atoms with Gasteiger partial charge in [0.15, 0.2) is 17.5 Å². The lowest BCUT2D eigenvalue weighted by atomic mass is 10.0. The maximum atomic E-state index is 10.1. The number of phenols is 1. The Morgan fingerprint density at radius 1 is 1.28 bits per heavy atom. The standard InChI is InChI=1S/C21H31N5O3/c1-5-22-21(23-11-16-9-18(28-3)20(27)19(10-16)29-4)26-7-6-15(14-26)8-17-12-24-25(2)13-17/h9-10,12-13,15,27H,5-8,11,14H2,1-4H3,(H,22,23). The molecule has 1 aliphatic heterocycles. The van der Waals surface area contributed by atoms with Crippen molar-refractivity contribution < 1.29 is 14.6 Å². The van der Waals surface area contributed by atoms with Gasteiger partial charge < -0.3 is 24.8 Å². The zero-order valence-electron chi connectivity index (χ0n) is 17.7. The summed E-state index contributed by atoms with van der Waals surface area (Å²) in [5.74, 6) is 2.28. The number of benzene rings is 1. The van der Waals surface area contributed by atoms with Crippen LogP contribution in [0, 0.1) is 5.92 Å². The van der Waals surface area contributed by atoms with Crippen molar-refractivity contribution in [3.63, 3.8) is 0 Å². The smallest absolute Gasteiger partial charge is 0.200 e. The highest BCUT2D eigenvalue weighted by atomic mass is 16.5. The molecule has 0 aliphatic carbocycles. The number of phenolic OH excluding ortho intramolecular Hbond substituents is 1. The van der Waals surface area contributed by atoms with Gasteiger partial charge in [0, 0.05) is 32.9 Å². The van der Waals surface area contributed by atoms with Gasteiger partial charge in [-0.25, -0.2) is 4.99 Å². The monoisotopic (exact) mass is 401 g/mol. The van der Waals surface area contributed by atoms with E-state index < -0.39 is 0 Å². The number of aromatic hydroxyl groups is 1. The summed E-state index contributed by atoms with van der Waals surface area (Å²) in [5, 5.41) is 17.8. The number of ether oxygens (including phenoxy) is 2. The van der Waals surface area contributed by atoms with Crippen LogP contribution >= 0.6 is 0 Å². The second-order valence-corrected chi connectivity index (χ2v) is 7.35. The van der Waals surface area contributed by atoms with Crippen molar-refractivity contribution in [2.24, 2.45) is 18.0 Å². The maximum absolute atomic E-state index is 10.1. The third kappa shape index (κ3) is 5.13. The number of guanidine groups is 1. The molecule has 2 aromatic rings. The molecule has 1 atom stereocenters. The van der Waals surface area contributed by atoms with Gasteiger partial charge in [0.2, 0.25) is 5.75 Å². The molecule has 1 aromatic heterocycles. The first-order valence-corrected chi connectivity index (χ1v) is 9.98. The van der Waals surface area contributed by atoms with E-state index in [-0.39, 0.29) is 5.75 Å². The Labute approximate surface area is 172 Å². The quantitative estimate of drug-likeness (QED) is 0.546. The van der Waals surface area contributed by atoms with Gasteiger partial charge in [-0.3, -0.25) is 4.68 Å². The first-order valence-electron chi connectivity index (χ1n) is 9.98. The van der Waals surface area contributed by atoms with Crippen LogP contribution in [0.2, 0.25) is 0 Å². The average molecular weight is 402 g/mol. The highest BCUT2D eigenvalue weighted by molar-refractivity contribution is 5.80. The molecule has 29 heavy (non-hydrogen) atoms. The summed E-state index contributed by atoms with van der Waals surface area (Å²) in [6.07, 6.45) is 6.22. The minimum atomic E-state index is 0.00687. The Morgan fingerprint density at radius 3 is 2.59 bits per heavy atom. The van der Waals surface area contributed by atoms with Crippen molar-refractivity contribution in [1.82, 2.24) is 20.0 Å². The minimum Gasteiger partial charge on any atom is -0.502 e. The molecule has 0 radical (unpaired) electrons. The molecule has 1 fully saturated rings. The topological polar surface area (TPSA) is 84.1 Å². The van der Waals surface area contributed by atoms with E-state index in [4.69, 9.17) is 14.5 Å². The zero-order chi connectivity index (χ0) is 20.8. The molecule has 1 unspecified atom stereocenters. The third-order valence-corrected chi connectivity index (χ3v) is 5.15. The van der Waals surface area contributed by atoms with Crippen LogP contribution in [0.5, 0.6) is 17.2 Å². The number of aryl methyl sites for hydroxylation is 1. The van der Waals surface area contributed by atoms with Crippen molar-refractivity contribution in [1.29, 1.82) is 0 Å². The third-order valence-electron chi connectivity index (χ3n) is 5.15. The van der Waals surface area contributed by atoms with Crippen LogP contribution in [0.25, 0.3) is 0 Å². The lowest BCUT2D eigenvalue weighted by molar-refractivity contribution is 0.339. The molecule has 0 bridgehead atoms. The van der Waals surface area contributed by atoms with E-state index in [1.807, 2.05) is 17.9 Å². The lowest BCUT2D eigenvalue weighted by Gasteiger charge is -2.22. The van der Waals surface area contributed by atoms with Crippen molar-refractivity contribution in [3.05, 3.63) is 35.7 Å². The molecule has 1 saturated heterocycles. The van der Waals surface area contributed by atoms with Gasteiger partial charge in [-0.2, -0.15) is 5.10 Å². The average Bonchev–Trinajstić information content (AvgIpc) is 3.35. The largest absolute Gasteiger partial charge is 0.502 e. The summed E-state index contributed by atoms with van der Waals surface area (Å²) in [4.78, 5) is 7.13. The summed E-state index contributed by atoms with van der Waals surface area (Å²) >= 11 is 0. The lowest BCUT2D eigenvalue weighted by Crippen LogP contribution is -2.40. The molecule has 8 nitrogen and oxygen atoms in total. The highest BCUT2D eigenvalue weighted by Crippen LogP contribution is 2.37. The molecule has 2 heterocycles. The second kappa shape index (κ2) is 9.54. The molecule has 0 amide bonds. The van der Waals surface area contributed by atoms with Gasteiger partial charge in [0.1, 0.15) is 0 Å². The SMILES string of the molecule is CCNC(=NCc1cc(OC)c(O)c(OC)c1)N1CCC(Cc2cnn(C)c2)C1. The van der Waals surface area contributed by atoms with Crippen molar-refractivity contribution in [2.75, 3.05) is 33.9 Å². The first-order chi connectivity index (χ1) is 14.0. The minimum absolute atomic E-state index is 0.00687. The fourth-order valence-electron chi connectivity index (χ4n) is 3.73. The zero-order valence-corrected chi connectivity index (χ0v) is 17.7. The molecule has 3 rings (SSSR count). The van der Waals surface area contributed by atoms with Crippen LogP contribution in [0.1, 0.15) is 24.5 Å². The van der Waals surface area contributed by atoms with E-state index in [9.17, 15) is 5.11 Å².